The quantitative estimate of drug-likeness (QED) is 0.510. The second kappa shape index (κ2) is 2.63. The van der Waals surface area contributed by atoms with Crippen molar-refractivity contribution in [2.45, 2.75) is 0 Å². The Bertz CT molecular complexity index is 654. The molecule has 0 amide bonds. The van der Waals surface area contributed by atoms with Gasteiger partial charge in [0.25, 0.3) is 5.82 Å². The zero-order valence-corrected chi connectivity index (χ0v) is 8.04. The normalized spacial score (nSPS) is 11.2. The monoisotopic (exact) mass is 199 g/mol. The number of nitrogens with two attached hydrogens (primary N) is 2. The van der Waals surface area contributed by atoms with Gasteiger partial charge >= 0.3 is 0 Å². The van der Waals surface area contributed by atoms with Crippen molar-refractivity contribution in [3.63, 3.8) is 0 Å². The van der Waals surface area contributed by atoms with Gasteiger partial charge in [-0.25, -0.2) is 4.98 Å². The summed E-state index contributed by atoms with van der Waals surface area (Å²) in [6.45, 7) is 0. The molecule has 3 rings (SSSR count). The van der Waals surface area contributed by atoms with E-state index in [1.807, 2.05) is 30.5 Å². The third kappa shape index (κ3) is 1.05. The predicted molar refractivity (Wildman–Crippen MR) is 61.2 cm³/mol. The number of pyridine rings is 1. The molecule has 0 aliphatic carbocycles. The number of H-pyrrole nitrogens is 2. The minimum Gasteiger partial charge on any atom is -0.392 e. The van der Waals surface area contributed by atoms with Crippen LogP contribution in [0, 0.1) is 0 Å². The Morgan fingerprint density at radius 1 is 1.13 bits per heavy atom. The van der Waals surface area contributed by atoms with Crippen molar-refractivity contribution in [2.75, 3.05) is 11.5 Å². The summed E-state index contributed by atoms with van der Waals surface area (Å²) in [6, 6.07) is 7.94. The average molecular weight is 199 g/mol. The van der Waals surface area contributed by atoms with Crippen LogP contribution in [0.2, 0.25) is 0 Å². The number of fused-ring (bicyclic) bond motifs is 3. The Hall–Kier alpha value is -2.23. The van der Waals surface area contributed by atoms with E-state index in [1.165, 1.54) is 0 Å². The number of anilines is 2. The Labute approximate surface area is 85.9 Å². The van der Waals surface area contributed by atoms with E-state index in [-0.39, 0.29) is 0 Å². The first kappa shape index (κ1) is 8.11. The van der Waals surface area contributed by atoms with E-state index in [0.717, 1.165) is 21.8 Å². The molecule has 0 aliphatic rings. The standard InChI is InChI=1S/C11H10N4/c12-8-5-6-1-2-9-7(3-4-14-9)10(6)15-11(8)13/h1-5,14H,12H2,(H2,13,15)/p+1. The van der Waals surface area contributed by atoms with E-state index in [1.54, 1.807) is 0 Å². The Kier molecular flexibility index (Phi) is 1.42. The molecule has 3 aromatic rings. The van der Waals surface area contributed by atoms with Gasteiger partial charge in [0.2, 0.25) is 0 Å². The maximum absolute atomic E-state index is 5.75. The number of hydrogen-bond acceptors (Lipinski definition) is 2. The van der Waals surface area contributed by atoms with Gasteiger partial charge in [-0.05, 0) is 24.3 Å². The first-order valence-corrected chi connectivity index (χ1v) is 4.73. The summed E-state index contributed by atoms with van der Waals surface area (Å²) in [7, 11) is 0. The molecule has 0 saturated carbocycles. The molecule has 15 heavy (non-hydrogen) atoms. The number of aromatic amines is 2. The number of aromatic nitrogens is 2. The molecule has 2 heterocycles. The molecule has 0 spiro atoms. The molecule has 2 aromatic heterocycles. The van der Waals surface area contributed by atoms with Gasteiger partial charge in [0.1, 0.15) is 11.2 Å². The van der Waals surface area contributed by atoms with Crippen LogP contribution in [-0.4, -0.2) is 4.98 Å². The van der Waals surface area contributed by atoms with Crippen LogP contribution in [0.3, 0.4) is 0 Å². The minimum atomic E-state index is 0.510. The number of hydrogen-bond donors (Lipinski definition) is 3. The first-order valence-electron chi connectivity index (χ1n) is 4.73. The van der Waals surface area contributed by atoms with Crippen LogP contribution < -0.4 is 16.5 Å². The third-order valence-electron chi connectivity index (χ3n) is 2.65. The number of nitrogens with one attached hydrogen (secondary N) is 2. The fourth-order valence-electron chi connectivity index (χ4n) is 1.86. The van der Waals surface area contributed by atoms with Crippen LogP contribution in [0.4, 0.5) is 11.5 Å². The lowest BCUT2D eigenvalue weighted by Crippen LogP contribution is -2.14. The third-order valence-corrected chi connectivity index (χ3v) is 2.65. The van der Waals surface area contributed by atoms with Crippen molar-refractivity contribution >= 4 is 33.3 Å². The number of rotatable bonds is 0. The summed E-state index contributed by atoms with van der Waals surface area (Å²) in [6.07, 6.45) is 1.91. The van der Waals surface area contributed by atoms with Gasteiger partial charge in [-0.2, -0.15) is 0 Å². The molecule has 0 fully saturated rings. The zero-order chi connectivity index (χ0) is 10.4. The Balaban J connectivity index is 2.57. The van der Waals surface area contributed by atoms with Crippen molar-refractivity contribution < 1.29 is 4.98 Å². The fourth-order valence-corrected chi connectivity index (χ4v) is 1.86. The Morgan fingerprint density at radius 3 is 2.87 bits per heavy atom. The number of benzene rings is 1. The van der Waals surface area contributed by atoms with E-state index >= 15 is 0 Å². The largest absolute Gasteiger partial charge is 0.392 e. The highest BCUT2D eigenvalue weighted by Gasteiger charge is 2.08. The van der Waals surface area contributed by atoms with Crippen molar-refractivity contribution in [2.24, 2.45) is 0 Å². The smallest absolute Gasteiger partial charge is 0.294 e. The van der Waals surface area contributed by atoms with Crippen LogP contribution in [0.25, 0.3) is 21.8 Å². The summed E-state index contributed by atoms with van der Waals surface area (Å²) < 4.78 is 0. The molecule has 74 valence electrons. The van der Waals surface area contributed by atoms with Crippen molar-refractivity contribution in [3.8, 4) is 0 Å². The highest BCUT2D eigenvalue weighted by atomic mass is 14.9. The molecule has 0 saturated heterocycles. The van der Waals surface area contributed by atoms with Gasteiger partial charge in [0.05, 0.1) is 0 Å². The van der Waals surface area contributed by atoms with Crippen LogP contribution in [0.15, 0.2) is 30.5 Å². The molecule has 0 atom stereocenters. The maximum Gasteiger partial charge on any atom is 0.294 e. The highest BCUT2D eigenvalue weighted by Crippen LogP contribution is 2.23. The van der Waals surface area contributed by atoms with Crippen molar-refractivity contribution in [3.05, 3.63) is 30.5 Å². The summed E-state index contributed by atoms with van der Waals surface area (Å²) in [5.41, 5.74) is 14.2. The molecule has 0 aliphatic heterocycles. The fraction of sp³-hybridized carbons (Fsp3) is 0. The van der Waals surface area contributed by atoms with Gasteiger partial charge < -0.3 is 10.7 Å². The lowest BCUT2D eigenvalue weighted by Gasteiger charge is -1.99. The SMILES string of the molecule is Nc1cc2ccc3[nH]ccc3c2[nH+]c1N. The summed E-state index contributed by atoms with van der Waals surface area (Å²) >= 11 is 0. The van der Waals surface area contributed by atoms with E-state index in [9.17, 15) is 0 Å². The molecular weight excluding hydrogens is 188 g/mol. The predicted octanol–water partition coefficient (Wildman–Crippen LogP) is 1.30. The van der Waals surface area contributed by atoms with Crippen LogP contribution in [0.5, 0.6) is 0 Å². The topological polar surface area (TPSA) is 82.0 Å². The van der Waals surface area contributed by atoms with Crippen LogP contribution in [-0.2, 0) is 0 Å². The summed E-state index contributed by atoms with van der Waals surface area (Å²) in [4.78, 5) is 6.27. The van der Waals surface area contributed by atoms with Crippen molar-refractivity contribution in [1.82, 2.24) is 4.98 Å². The van der Waals surface area contributed by atoms with Gasteiger partial charge in [0.15, 0.2) is 0 Å². The van der Waals surface area contributed by atoms with Gasteiger partial charge in [-0.1, -0.05) is 0 Å². The zero-order valence-electron chi connectivity index (χ0n) is 8.04. The molecule has 1 aromatic carbocycles. The van der Waals surface area contributed by atoms with E-state index in [2.05, 4.69) is 9.97 Å². The van der Waals surface area contributed by atoms with Gasteiger partial charge in [0, 0.05) is 22.5 Å². The second-order valence-electron chi connectivity index (χ2n) is 3.61. The molecule has 0 bridgehead atoms. The molecule has 0 unspecified atom stereocenters. The van der Waals surface area contributed by atoms with Crippen LogP contribution >= 0.6 is 0 Å². The van der Waals surface area contributed by atoms with E-state index in [4.69, 9.17) is 11.5 Å². The summed E-state index contributed by atoms with van der Waals surface area (Å²) in [5, 5.41) is 2.19. The average Bonchev–Trinajstić information content (AvgIpc) is 2.68. The molecule has 6 N–H and O–H groups in total. The molecule has 4 nitrogen and oxygen atoms in total. The highest BCUT2D eigenvalue weighted by molar-refractivity contribution is 6.03. The summed E-state index contributed by atoms with van der Waals surface area (Å²) in [5.74, 6) is 0.510. The molecule has 4 heteroatoms. The maximum atomic E-state index is 5.75. The van der Waals surface area contributed by atoms with E-state index < -0.39 is 0 Å². The Morgan fingerprint density at radius 2 is 2.00 bits per heavy atom. The second-order valence-corrected chi connectivity index (χ2v) is 3.61. The minimum absolute atomic E-state index is 0.510. The number of nitrogen functional groups attached to an aromatic ring is 2. The molecular formula is C11H11N4+. The lowest BCUT2D eigenvalue weighted by atomic mass is 10.1. The van der Waals surface area contributed by atoms with Crippen molar-refractivity contribution in [1.29, 1.82) is 0 Å². The molecule has 0 radical (unpaired) electrons. The van der Waals surface area contributed by atoms with Gasteiger partial charge in [-0.3, -0.25) is 5.73 Å². The van der Waals surface area contributed by atoms with Crippen LogP contribution in [0.1, 0.15) is 0 Å². The lowest BCUT2D eigenvalue weighted by molar-refractivity contribution is -0.324. The first-order chi connectivity index (χ1) is 7.25. The van der Waals surface area contributed by atoms with E-state index in [0.29, 0.717) is 11.5 Å². The van der Waals surface area contributed by atoms with Gasteiger partial charge in [-0.15, -0.1) is 0 Å².